The molecule has 1 amide bonds. The second-order valence-electron chi connectivity index (χ2n) is 6.21. The van der Waals surface area contributed by atoms with E-state index in [1.54, 1.807) is 40.2 Å². The van der Waals surface area contributed by atoms with E-state index >= 15 is 0 Å². The Labute approximate surface area is 157 Å². The van der Waals surface area contributed by atoms with E-state index < -0.39 is 0 Å². The summed E-state index contributed by atoms with van der Waals surface area (Å²) in [5.41, 5.74) is 2.16. The molecule has 0 aliphatic carbocycles. The highest BCUT2D eigenvalue weighted by Gasteiger charge is 2.24. The minimum atomic E-state index is -0.105. The van der Waals surface area contributed by atoms with Crippen LogP contribution in [0.3, 0.4) is 0 Å². The van der Waals surface area contributed by atoms with Gasteiger partial charge in [0.2, 0.25) is 0 Å². The summed E-state index contributed by atoms with van der Waals surface area (Å²) >= 11 is 1.54. The van der Waals surface area contributed by atoms with Crippen LogP contribution in [0.4, 0.5) is 0 Å². The van der Waals surface area contributed by atoms with Gasteiger partial charge in [0.25, 0.3) is 5.91 Å². The lowest BCUT2D eigenvalue weighted by atomic mass is 10.2. The van der Waals surface area contributed by atoms with E-state index in [0.717, 1.165) is 30.2 Å². The first kappa shape index (κ1) is 18.5. The van der Waals surface area contributed by atoms with E-state index in [4.69, 9.17) is 0 Å². The fourth-order valence-electron chi connectivity index (χ4n) is 2.82. The summed E-state index contributed by atoms with van der Waals surface area (Å²) < 4.78 is 1.69. The first-order valence-electron chi connectivity index (χ1n) is 8.76. The summed E-state index contributed by atoms with van der Waals surface area (Å²) in [7, 11) is 1.78. The summed E-state index contributed by atoms with van der Waals surface area (Å²) in [6, 6.07) is -0.0978. The van der Waals surface area contributed by atoms with Crippen molar-refractivity contribution in [2.24, 2.45) is 0 Å². The Morgan fingerprint density at radius 2 is 2.04 bits per heavy atom. The fraction of sp³-hybridized carbons (Fsp3) is 0.444. The lowest BCUT2D eigenvalue weighted by Crippen LogP contribution is -2.29. The zero-order chi connectivity index (χ0) is 18.7. The molecule has 0 unspecified atom stereocenters. The van der Waals surface area contributed by atoms with Crippen LogP contribution < -0.4 is 0 Å². The molecule has 3 aromatic heterocycles. The molecule has 0 aliphatic heterocycles. The maximum absolute atomic E-state index is 12.9. The molecule has 0 bridgehead atoms. The van der Waals surface area contributed by atoms with Gasteiger partial charge in [0.05, 0.1) is 12.2 Å². The highest BCUT2D eigenvalue weighted by atomic mass is 32.1. The summed E-state index contributed by atoms with van der Waals surface area (Å²) in [6.07, 6.45) is 7.12. The second kappa shape index (κ2) is 7.92. The smallest absolute Gasteiger partial charge is 0.259 e. The van der Waals surface area contributed by atoms with Crippen molar-refractivity contribution in [1.82, 2.24) is 29.4 Å². The number of rotatable bonds is 7. The third-order valence-electron chi connectivity index (χ3n) is 4.65. The molecule has 8 heteroatoms. The first-order chi connectivity index (χ1) is 12.5. The van der Waals surface area contributed by atoms with Crippen LogP contribution in [0.5, 0.6) is 0 Å². The van der Waals surface area contributed by atoms with Crippen molar-refractivity contribution in [2.75, 3.05) is 20.1 Å². The van der Waals surface area contributed by atoms with E-state index in [1.165, 1.54) is 0 Å². The molecular weight excluding hydrogens is 348 g/mol. The first-order valence-corrected chi connectivity index (χ1v) is 9.64. The molecule has 0 spiro atoms. The highest BCUT2D eigenvalue weighted by Crippen LogP contribution is 2.23. The van der Waals surface area contributed by atoms with Gasteiger partial charge in [-0.25, -0.2) is 14.5 Å². The number of hydrogen-bond donors (Lipinski definition) is 0. The molecule has 138 valence electrons. The maximum atomic E-state index is 12.9. The van der Waals surface area contributed by atoms with Crippen LogP contribution in [-0.4, -0.2) is 55.4 Å². The second-order valence-corrected chi connectivity index (χ2v) is 7.14. The normalized spacial score (nSPS) is 12.7. The molecule has 3 heterocycles. The molecule has 0 aromatic carbocycles. The summed E-state index contributed by atoms with van der Waals surface area (Å²) in [5, 5.41) is 7.16. The Morgan fingerprint density at radius 1 is 1.27 bits per heavy atom. The van der Waals surface area contributed by atoms with E-state index in [-0.39, 0.29) is 11.9 Å². The van der Waals surface area contributed by atoms with Crippen molar-refractivity contribution < 1.29 is 4.79 Å². The van der Waals surface area contributed by atoms with Crippen LogP contribution >= 0.6 is 11.3 Å². The third-order valence-corrected chi connectivity index (χ3v) is 5.60. The molecular formula is C18H24N6OS. The molecule has 0 radical (unpaired) electrons. The lowest BCUT2D eigenvalue weighted by Gasteiger charge is -2.22. The fourth-order valence-corrected chi connectivity index (χ4v) is 3.56. The summed E-state index contributed by atoms with van der Waals surface area (Å²) in [6.45, 7) is 9.03. The topological polar surface area (TPSA) is 66.6 Å². The molecule has 3 rings (SSSR count). The van der Waals surface area contributed by atoms with E-state index in [1.807, 2.05) is 24.7 Å². The van der Waals surface area contributed by atoms with Crippen molar-refractivity contribution in [3.8, 4) is 0 Å². The molecule has 0 N–H and O–H groups in total. The van der Waals surface area contributed by atoms with Crippen molar-refractivity contribution in [1.29, 1.82) is 0 Å². The van der Waals surface area contributed by atoms with Crippen molar-refractivity contribution in [3.05, 3.63) is 46.3 Å². The number of carbonyl (C=O) groups is 1. The molecule has 1 atom stereocenters. The lowest BCUT2D eigenvalue weighted by molar-refractivity contribution is 0.0744. The Bertz CT molecular complexity index is 871. The average Bonchev–Trinajstić information content (AvgIpc) is 3.33. The zero-order valence-corrected chi connectivity index (χ0v) is 16.4. The summed E-state index contributed by atoms with van der Waals surface area (Å²) in [4.78, 5) is 25.7. The number of carbonyl (C=O) groups excluding carboxylic acids is 1. The van der Waals surface area contributed by atoms with Gasteiger partial charge in [-0.15, -0.1) is 11.3 Å². The average molecular weight is 372 g/mol. The van der Waals surface area contributed by atoms with Gasteiger partial charge in [-0.2, -0.15) is 5.10 Å². The molecule has 0 saturated heterocycles. The Balaban J connectivity index is 1.83. The quantitative estimate of drug-likeness (QED) is 0.638. The van der Waals surface area contributed by atoms with Crippen molar-refractivity contribution >= 4 is 22.9 Å². The Morgan fingerprint density at radius 3 is 2.69 bits per heavy atom. The number of aromatic nitrogens is 4. The van der Waals surface area contributed by atoms with Gasteiger partial charge in [-0.3, -0.25) is 9.69 Å². The predicted octanol–water partition coefficient (Wildman–Crippen LogP) is 2.86. The number of thiazole rings is 1. The van der Waals surface area contributed by atoms with Gasteiger partial charge in [-0.1, -0.05) is 13.8 Å². The van der Waals surface area contributed by atoms with Crippen LogP contribution in [0.25, 0.3) is 5.65 Å². The van der Waals surface area contributed by atoms with Crippen LogP contribution in [-0.2, 0) is 6.54 Å². The van der Waals surface area contributed by atoms with Crippen LogP contribution in [0, 0.1) is 0 Å². The van der Waals surface area contributed by atoms with Gasteiger partial charge in [0.1, 0.15) is 10.6 Å². The van der Waals surface area contributed by atoms with Gasteiger partial charge >= 0.3 is 0 Å². The monoisotopic (exact) mass is 372 g/mol. The number of hydrogen-bond acceptors (Lipinski definition) is 6. The Hall–Kier alpha value is -2.32. The molecule has 7 nitrogen and oxygen atoms in total. The van der Waals surface area contributed by atoms with E-state index in [2.05, 4.69) is 33.8 Å². The van der Waals surface area contributed by atoms with E-state index in [0.29, 0.717) is 11.2 Å². The standard InChI is InChI=1S/C18H24N6OS/c1-5-23(6-2)11-14-9-20-16-15(10-21-24(16)12-14)18(25)22(4)13(3)17-19-7-8-26-17/h7-10,12-13H,5-6,11H2,1-4H3/t13-/m0/s1. The molecule has 0 fully saturated rings. The number of fused-ring (bicyclic) bond motifs is 1. The van der Waals surface area contributed by atoms with Crippen LogP contribution in [0.2, 0.25) is 0 Å². The molecule has 26 heavy (non-hydrogen) atoms. The van der Waals surface area contributed by atoms with E-state index in [9.17, 15) is 4.79 Å². The SMILES string of the molecule is CCN(CC)Cc1cnc2c(C(=O)N(C)[C@@H](C)c3nccs3)cnn2c1. The van der Waals surface area contributed by atoms with Gasteiger partial charge in [0.15, 0.2) is 5.65 Å². The summed E-state index contributed by atoms with van der Waals surface area (Å²) in [5.74, 6) is -0.105. The third kappa shape index (κ3) is 3.61. The van der Waals surface area contributed by atoms with Crippen molar-refractivity contribution in [2.45, 2.75) is 33.4 Å². The zero-order valence-electron chi connectivity index (χ0n) is 15.6. The largest absolute Gasteiger partial charge is 0.332 e. The van der Waals surface area contributed by atoms with Gasteiger partial charge < -0.3 is 4.90 Å². The van der Waals surface area contributed by atoms with Crippen LogP contribution in [0.15, 0.2) is 30.2 Å². The number of nitrogens with zero attached hydrogens (tertiary/aromatic N) is 6. The van der Waals surface area contributed by atoms with Crippen LogP contribution in [0.1, 0.15) is 47.7 Å². The highest BCUT2D eigenvalue weighted by molar-refractivity contribution is 7.09. The molecule has 0 aliphatic rings. The van der Waals surface area contributed by atoms with Crippen molar-refractivity contribution in [3.63, 3.8) is 0 Å². The Kier molecular flexibility index (Phi) is 5.63. The number of amides is 1. The maximum Gasteiger partial charge on any atom is 0.259 e. The molecule has 3 aromatic rings. The minimum Gasteiger partial charge on any atom is -0.332 e. The molecule has 0 saturated carbocycles. The minimum absolute atomic E-state index is 0.0978. The predicted molar refractivity (Wildman–Crippen MR) is 102 cm³/mol. The van der Waals surface area contributed by atoms with Gasteiger partial charge in [0, 0.05) is 43.1 Å². The van der Waals surface area contributed by atoms with Gasteiger partial charge in [-0.05, 0) is 20.0 Å².